The molecule has 1 aromatic rings. The van der Waals surface area contributed by atoms with Crippen LogP contribution in [0.3, 0.4) is 0 Å². The third-order valence-corrected chi connectivity index (χ3v) is 1.50. The fourth-order valence-electron chi connectivity index (χ4n) is 0.956. The molecule has 0 bridgehead atoms. The van der Waals surface area contributed by atoms with Gasteiger partial charge in [-0.1, -0.05) is 5.92 Å². The molecule has 1 heterocycles. The summed E-state index contributed by atoms with van der Waals surface area (Å²) < 4.78 is 1.36. The van der Waals surface area contributed by atoms with E-state index in [-0.39, 0.29) is 5.69 Å². The molecule has 0 amide bonds. The maximum absolute atomic E-state index is 10.7. The van der Waals surface area contributed by atoms with E-state index in [1.54, 1.807) is 6.92 Å². The second-order valence-electron chi connectivity index (χ2n) is 2.17. The Bertz CT molecular complexity index is 346. The van der Waals surface area contributed by atoms with E-state index < -0.39 is 5.97 Å². The quantitative estimate of drug-likeness (QED) is 0.650. The van der Waals surface area contributed by atoms with Crippen molar-refractivity contribution in [2.45, 2.75) is 13.5 Å². The van der Waals surface area contributed by atoms with E-state index in [1.807, 2.05) is 0 Å². The van der Waals surface area contributed by atoms with Gasteiger partial charge in [-0.3, -0.25) is 4.68 Å². The zero-order chi connectivity index (χ0) is 9.14. The molecular formula is C8H8N2O2. The van der Waals surface area contributed by atoms with Gasteiger partial charge in [-0.15, -0.1) is 6.42 Å². The number of carboxylic acid groups (broad SMARTS) is 1. The highest BCUT2D eigenvalue weighted by molar-refractivity contribution is 5.88. The summed E-state index contributed by atoms with van der Waals surface area (Å²) in [7, 11) is 0. The van der Waals surface area contributed by atoms with Gasteiger partial charge in [0, 0.05) is 6.54 Å². The van der Waals surface area contributed by atoms with Crippen molar-refractivity contribution in [2.75, 3.05) is 0 Å². The Balaban J connectivity index is 3.28. The minimum atomic E-state index is -1.04. The summed E-state index contributed by atoms with van der Waals surface area (Å²) in [5.74, 6) is 1.23. The van der Waals surface area contributed by atoms with E-state index in [4.69, 9.17) is 11.5 Å². The van der Waals surface area contributed by atoms with Gasteiger partial charge in [0.15, 0.2) is 5.69 Å². The number of carbonyl (C=O) groups is 1. The molecule has 0 radical (unpaired) electrons. The smallest absolute Gasteiger partial charge is 0.355 e. The van der Waals surface area contributed by atoms with Crippen LogP contribution < -0.4 is 0 Å². The zero-order valence-corrected chi connectivity index (χ0v) is 6.61. The zero-order valence-electron chi connectivity index (χ0n) is 6.61. The molecule has 0 saturated heterocycles. The van der Waals surface area contributed by atoms with E-state index in [9.17, 15) is 4.79 Å². The molecule has 0 spiro atoms. The number of nitrogens with zero attached hydrogens (tertiary/aromatic N) is 2. The Morgan fingerprint density at radius 1 is 1.92 bits per heavy atom. The monoisotopic (exact) mass is 164 g/mol. The topological polar surface area (TPSA) is 55.1 Å². The Morgan fingerprint density at radius 2 is 2.58 bits per heavy atom. The van der Waals surface area contributed by atoms with Gasteiger partial charge in [0.25, 0.3) is 0 Å². The molecule has 0 saturated carbocycles. The van der Waals surface area contributed by atoms with Gasteiger partial charge in [-0.05, 0) is 6.92 Å². The Hall–Kier alpha value is -1.76. The minimum Gasteiger partial charge on any atom is -0.476 e. The van der Waals surface area contributed by atoms with Gasteiger partial charge >= 0.3 is 5.97 Å². The first-order valence-corrected chi connectivity index (χ1v) is 3.46. The maximum Gasteiger partial charge on any atom is 0.355 e. The summed E-state index contributed by atoms with van der Waals surface area (Å²) in [6, 6.07) is 0. The predicted molar refractivity (Wildman–Crippen MR) is 42.8 cm³/mol. The predicted octanol–water partition coefficient (Wildman–Crippen LogP) is 0.583. The molecule has 0 fully saturated rings. The van der Waals surface area contributed by atoms with Crippen LogP contribution in [0.15, 0.2) is 6.20 Å². The molecule has 1 N–H and O–H groups in total. The molecule has 4 heteroatoms. The molecular weight excluding hydrogens is 156 g/mol. The minimum absolute atomic E-state index is 0.0833. The second-order valence-corrected chi connectivity index (χ2v) is 2.17. The number of aromatic carboxylic acids is 1. The van der Waals surface area contributed by atoms with Gasteiger partial charge in [-0.25, -0.2) is 4.79 Å². The van der Waals surface area contributed by atoms with Crippen molar-refractivity contribution in [3.63, 3.8) is 0 Å². The van der Waals surface area contributed by atoms with Crippen LogP contribution in [0.2, 0.25) is 0 Å². The molecule has 0 aromatic carbocycles. The highest BCUT2D eigenvalue weighted by Crippen LogP contribution is 2.06. The standard InChI is InChI=1S/C8H8N2O2/c1-3-6-5-9-10(4-2)7(6)8(11)12/h1,5H,4H2,2H3,(H,11,12). The van der Waals surface area contributed by atoms with E-state index in [2.05, 4.69) is 11.0 Å². The van der Waals surface area contributed by atoms with Crippen LogP contribution in [-0.4, -0.2) is 20.9 Å². The molecule has 0 atom stereocenters. The molecule has 0 aliphatic heterocycles. The first-order chi connectivity index (χ1) is 5.70. The van der Waals surface area contributed by atoms with Crippen LogP contribution in [0.4, 0.5) is 0 Å². The number of terminal acetylenes is 1. The number of hydrogen-bond acceptors (Lipinski definition) is 2. The number of hydrogen-bond donors (Lipinski definition) is 1. The summed E-state index contributed by atoms with van der Waals surface area (Å²) >= 11 is 0. The van der Waals surface area contributed by atoms with E-state index in [1.165, 1.54) is 10.9 Å². The van der Waals surface area contributed by atoms with Gasteiger partial charge in [-0.2, -0.15) is 5.10 Å². The van der Waals surface area contributed by atoms with E-state index in [0.29, 0.717) is 12.1 Å². The van der Waals surface area contributed by atoms with Crippen LogP contribution in [0, 0.1) is 12.3 Å². The first-order valence-electron chi connectivity index (χ1n) is 3.46. The molecule has 0 aliphatic rings. The van der Waals surface area contributed by atoms with Crippen molar-refractivity contribution in [3.05, 3.63) is 17.5 Å². The van der Waals surface area contributed by atoms with Crippen molar-refractivity contribution >= 4 is 5.97 Å². The fraction of sp³-hybridized carbons (Fsp3) is 0.250. The summed E-state index contributed by atoms with van der Waals surface area (Å²) in [6.45, 7) is 2.31. The lowest BCUT2D eigenvalue weighted by atomic mass is 10.2. The van der Waals surface area contributed by atoms with Gasteiger partial charge < -0.3 is 5.11 Å². The Labute approximate surface area is 69.8 Å². The Kier molecular flexibility index (Phi) is 2.15. The second kappa shape index (κ2) is 3.09. The average molecular weight is 164 g/mol. The summed E-state index contributed by atoms with van der Waals surface area (Å²) in [6.07, 6.45) is 6.47. The lowest BCUT2D eigenvalue weighted by molar-refractivity contribution is 0.0683. The molecule has 4 nitrogen and oxygen atoms in total. The fourth-order valence-corrected chi connectivity index (χ4v) is 0.956. The maximum atomic E-state index is 10.7. The third-order valence-electron chi connectivity index (χ3n) is 1.50. The summed E-state index contributed by atoms with van der Waals surface area (Å²) in [5.41, 5.74) is 0.407. The van der Waals surface area contributed by atoms with Crippen molar-refractivity contribution < 1.29 is 9.90 Å². The lowest BCUT2D eigenvalue weighted by Crippen LogP contribution is -2.09. The lowest BCUT2D eigenvalue weighted by Gasteiger charge is -1.98. The first kappa shape index (κ1) is 8.34. The van der Waals surface area contributed by atoms with Gasteiger partial charge in [0.1, 0.15) is 0 Å². The highest BCUT2D eigenvalue weighted by atomic mass is 16.4. The van der Waals surface area contributed by atoms with Crippen molar-refractivity contribution in [1.82, 2.24) is 9.78 Å². The van der Waals surface area contributed by atoms with Crippen LogP contribution >= 0.6 is 0 Å². The number of aromatic nitrogens is 2. The van der Waals surface area contributed by atoms with Crippen molar-refractivity contribution in [1.29, 1.82) is 0 Å². The third kappa shape index (κ3) is 1.17. The molecule has 12 heavy (non-hydrogen) atoms. The normalized spacial score (nSPS) is 9.33. The summed E-state index contributed by atoms with van der Waals surface area (Å²) in [5, 5.41) is 12.6. The molecule has 1 aromatic heterocycles. The van der Waals surface area contributed by atoms with Gasteiger partial charge in [0.05, 0.1) is 11.8 Å². The number of aryl methyl sites for hydroxylation is 1. The largest absolute Gasteiger partial charge is 0.476 e. The van der Waals surface area contributed by atoms with E-state index in [0.717, 1.165) is 0 Å². The Morgan fingerprint density at radius 3 is 3.00 bits per heavy atom. The van der Waals surface area contributed by atoms with Crippen molar-refractivity contribution in [2.24, 2.45) is 0 Å². The molecule has 0 aliphatic carbocycles. The van der Waals surface area contributed by atoms with Crippen LogP contribution in [0.1, 0.15) is 23.0 Å². The number of rotatable bonds is 2. The van der Waals surface area contributed by atoms with Crippen molar-refractivity contribution in [3.8, 4) is 12.3 Å². The molecule has 0 unspecified atom stereocenters. The van der Waals surface area contributed by atoms with Crippen LogP contribution in [-0.2, 0) is 6.54 Å². The van der Waals surface area contributed by atoms with Crippen LogP contribution in [0.5, 0.6) is 0 Å². The molecule has 1 rings (SSSR count). The van der Waals surface area contributed by atoms with E-state index >= 15 is 0 Å². The SMILES string of the molecule is C#Cc1cnn(CC)c1C(=O)O. The van der Waals surface area contributed by atoms with Crippen LogP contribution in [0.25, 0.3) is 0 Å². The van der Waals surface area contributed by atoms with Gasteiger partial charge in [0.2, 0.25) is 0 Å². The highest BCUT2D eigenvalue weighted by Gasteiger charge is 2.14. The molecule has 62 valence electrons. The average Bonchev–Trinajstić information content (AvgIpc) is 2.46. The number of carboxylic acids is 1. The summed E-state index contributed by atoms with van der Waals surface area (Å²) in [4.78, 5) is 10.7.